The molecule has 0 radical (unpaired) electrons. The number of nitrogens with zero attached hydrogens (tertiary/aromatic N) is 3. The van der Waals surface area contributed by atoms with E-state index in [1.807, 2.05) is 0 Å². The van der Waals surface area contributed by atoms with Gasteiger partial charge in [-0.3, -0.25) is 4.68 Å². The van der Waals surface area contributed by atoms with Crippen molar-refractivity contribution < 1.29 is 8.78 Å². The molecule has 0 atom stereocenters. The Morgan fingerprint density at radius 1 is 1.10 bits per heavy atom. The number of anilines is 2. The third kappa shape index (κ3) is 2.11. The van der Waals surface area contributed by atoms with Crippen molar-refractivity contribution in [2.75, 3.05) is 23.7 Å². The molecule has 1 fully saturated rings. The maximum atomic E-state index is 13.6. The molecule has 2 aromatic rings. The Hall–Kier alpha value is -2.11. The second-order valence-corrected chi connectivity index (χ2v) is 5.06. The van der Waals surface area contributed by atoms with Gasteiger partial charge in [-0.2, -0.15) is 5.10 Å². The molecule has 0 saturated carbocycles. The van der Waals surface area contributed by atoms with Gasteiger partial charge in [-0.05, 0) is 18.9 Å². The van der Waals surface area contributed by atoms with Crippen molar-refractivity contribution in [1.29, 1.82) is 0 Å². The third-order valence-corrected chi connectivity index (χ3v) is 3.68. The molecule has 0 bridgehead atoms. The Balaban J connectivity index is 2.14. The summed E-state index contributed by atoms with van der Waals surface area (Å²) < 4.78 is 28.7. The first kappa shape index (κ1) is 12.9. The summed E-state index contributed by atoms with van der Waals surface area (Å²) >= 11 is 0. The molecule has 106 valence electrons. The van der Waals surface area contributed by atoms with Gasteiger partial charge in [-0.25, -0.2) is 8.78 Å². The first-order chi connectivity index (χ1) is 9.56. The molecule has 1 aromatic carbocycles. The zero-order valence-electron chi connectivity index (χ0n) is 11.2. The van der Waals surface area contributed by atoms with Gasteiger partial charge in [-0.15, -0.1) is 0 Å². The van der Waals surface area contributed by atoms with Gasteiger partial charge in [0.25, 0.3) is 0 Å². The normalized spacial score (nSPS) is 15.1. The molecule has 1 aliphatic heterocycles. The molecule has 1 aromatic heterocycles. The maximum Gasteiger partial charge on any atom is 0.160 e. The van der Waals surface area contributed by atoms with E-state index in [-0.39, 0.29) is 0 Å². The average Bonchev–Trinajstić information content (AvgIpc) is 3.03. The topological polar surface area (TPSA) is 47.1 Å². The quantitative estimate of drug-likeness (QED) is 0.918. The van der Waals surface area contributed by atoms with Crippen molar-refractivity contribution in [2.24, 2.45) is 7.05 Å². The Morgan fingerprint density at radius 2 is 1.75 bits per heavy atom. The van der Waals surface area contributed by atoms with Crippen LogP contribution in [-0.4, -0.2) is 22.9 Å². The third-order valence-electron chi connectivity index (χ3n) is 3.68. The van der Waals surface area contributed by atoms with Gasteiger partial charge in [0.2, 0.25) is 0 Å². The Bertz CT molecular complexity index is 625. The lowest BCUT2D eigenvalue weighted by Gasteiger charge is -2.21. The SMILES string of the molecule is Cn1nc(-c2cc(F)c(F)cc2N2CCCC2)cc1N. The number of hydrogen-bond acceptors (Lipinski definition) is 3. The highest BCUT2D eigenvalue weighted by Crippen LogP contribution is 2.34. The van der Waals surface area contributed by atoms with Gasteiger partial charge in [-0.1, -0.05) is 0 Å². The summed E-state index contributed by atoms with van der Waals surface area (Å²) in [6, 6.07) is 4.12. The van der Waals surface area contributed by atoms with E-state index in [0.29, 0.717) is 22.8 Å². The predicted octanol–water partition coefficient (Wildman–Crippen LogP) is 2.55. The number of aromatic nitrogens is 2. The molecule has 4 nitrogen and oxygen atoms in total. The van der Waals surface area contributed by atoms with Crippen molar-refractivity contribution >= 4 is 11.5 Å². The van der Waals surface area contributed by atoms with Gasteiger partial charge in [0.05, 0.1) is 5.69 Å². The molecule has 2 N–H and O–H groups in total. The molecule has 0 aliphatic carbocycles. The largest absolute Gasteiger partial charge is 0.384 e. The minimum Gasteiger partial charge on any atom is -0.384 e. The van der Waals surface area contributed by atoms with Gasteiger partial charge >= 0.3 is 0 Å². The summed E-state index contributed by atoms with van der Waals surface area (Å²) in [5.41, 5.74) is 7.59. The standard InChI is InChI=1S/C14H16F2N4/c1-19-14(17)8-12(18-19)9-6-10(15)11(16)7-13(9)20-4-2-3-5-20/h6-8H,2-5,17H2,1H3. The minimum atomic E-state index is -0.868. The minimum absolute atomic E-state index is 0.483. The molecule has 3 rings (SSSR count). The summed E-state index contributed by atoms with van der Waals surface area (Å²) in [6.07, 6.45) is 2.12. The number of hydrogen-bond donors (Lipinski definition) is 1. The monoisotopic (exact) mass is 278 g/mol. The maximum absolute atomic E-state index is 13.6. The highest BCUT2D eigenvalue weighted by molar-refractivity contribution is 5.78. The average molecular weight is 278 g/mol. The van der Waals surface area contributed by atoms with Crippen LogP contribution in [0.4, 0.5) is 20.3 Å². The molecule has 0 amide bonds. The fourth-order valence-corrected chi connectivity index (χ4v) is 2.57. The molecule has 2 heterocycles. The van der Waals surface area contributed by atoms with E-state index in [1.165, 1.54) is 16.8 Å². The van der Waals surface area contributed by atoms with Gasteiger partial charge < -0.3 is 10.6 Å². The summed E-state index contributed by atoms with van der Waals surface area (Å²) in [6.45, 7) is 1.70. The van der Waals surface area contributed by atoms with Crippen LogP contribution in [0.3, 0.4) is 0 Å². The van der Waals surface area contributed by atoms with Crippen LogP contribution in [0.15, 0.2) is 18.2 Å². The van der Waals surface area contributed by atoms with Crippen LogP contribution in [0.25, 0.3) is 11.3 Å². The number of nitrogens with two attached hydrogens (primary N) is 1. The summed E-state index contributed by atoms with van der Waals surface area (Å²) in [7, 11) is 1.72. The fraction of sp³-hybridized carbons (Fsp3) is 0.357. The zero-order valence-corrected chi connectivity index (χ0v) is 11.2. The lowest BCUT2D eigenvalue weighted by molar-refractivity contribution is 0.509. The lowest BCUT2D eigenvalue weighted by atomic mass is 10.1. The molecule has 0 unspecified atom stereocenters. The van der Waals surface area contributed by atoms with E-state index in [1.54, 1.807) is 13.1 Å². The van der Waals surface area contributed by atoms with Crippen molar-refractivity contribution in [3.05, 3.63) is 29.8 Å². The van der Waals surface area contributed by atoms with Crippen LogP contribution in [0, 0.1) is 11.6 Å². The first-order valence-electron chi connectivity index (χ1n) is 6.60. The molecule has 0 spiro atoms. The Labute approximate surface area is 115 Å². The van der Waals surface area contributed by atoms with Crippen LogP contribution in [0.2, 0.25) is 0 Å². The highest BCUT2D eigenvalue weighted by Gasteiger charge is 2.21. The van der Waals surface area contributed by atoms with Crippen LogP contribution in [0.1, 0.15) is 12.8 Å². The van der Waals surface area contributed by atoms with Crippen molar-refractivity contribution in [2.45, 2.75) is 12.8 Å². The molecule has 1 aliphatic rings. The second kappa shape index (κ2) is 4.77. The second-order valence-electron chi connectivity index (χ2n) is 5.06. The Morgan fingerprint density at radius 3 is 2.35 bits per heavy atom. The van der Waals surface area contributed by atoms with E-state index < -0.39 is 11.6 Å². The highest BCUT2D eigenvalue weighted by atomic mass is 19.2. The molecular weight excluding hydrogens is 262 g/mol. The number of halogens is 2. The number of aryl methyl sites for hydroxylation is 1. The lowest BCUT2D eigenvalue weighted by Crippen LogP contribution is -2.19. The van der Waals surface area contributed by atoms with Crippen LogP contribution in [0.5, 0.6) is 0 Å². The van der Waals surface area contributed by atoms with E-state index >= 15 is 0 Å². The summed E-state index contributed by atoms with van der Waals surface area (Å²) in [5, 5.41) is 4.26. The number of nitrogen functional groups attached to an aromatic ring is 1. The first-order valence-corrected chi connectivity index (χ1v) is 6.60. The van der Waals surface area contributed by atoms with Crippen molar-refractivity contribution in [3.63, 3.8) is 0 Å². The van der Waals surface area contributed by atoms with Crippen molar-refractivity contribution in [3.8, 4) is 11.3 Å². The van der Waals surface area contributed by atoms with E-state index in [0.717, 1.165) is 25.9 Å². The van der Waals surface area contributed by atoms with Crippen LogP contribution in [-0.2, 0) is 7.05 Å². The van der Waals surface area contributed by atoms with E-state index in [4.69, 9.17) is 5.73 Å². The molecule has 20 heavy (non-hydrogen) atoms. The fourth-order valence-electron chi connectivity index (χ4n) is 2.57. The summed E-state index contributed by atoms with van der Waals surface area (Å²) in [5.74, 6) is -1.22. The number of benzene rings is 1. The van der Waals surface area contributed by atoms with Gasteiger partial charge in [0.1, 0.15) is 5.82 Å². The Kier molecular flexibility index (Phi) is 3.08. The van der Waals surface area contributed by atoms with E-state index in [2.05, 4.69) is 10.00 Å². The molecule has 1 saturated heterocycles. The zero-order chi connectivity index (χ0) is 14.3. The predicted molar refractivity (Wildman–Crippen MR) is 74.4 cm³/mol. The smallest absolute Gasteiger partial charge is 0.160 e. The molecular formula is C14H16F2N4. The van der Waals surface area contributed by atoms with E-state index in [9.17, 15) is 8.78 Å². The van der Waals surface area contributed by atoms with Crippen LogP contribution < -0.4 is 10.6 Å². The van der Waals surface area contributed by atoms with Crippen LogP contribution >= 0.6 is 0 Å². The van der Waals surface area contributed by atoms with Gasteiger partial charge in [0.15, 0.2) is 11.6 Å². The summed E-state index contributed by atoms with van der Waals surface area (Å²) in [4.78, 5) is 2.06. The molecule has 6 heteroatoms. The number of rotatable bonds is 2. The van der Waals surface area contributed by atoms with Crippen molar-refractivity contribution in [1.82, 2.24) is 9.78 Å². The van der Waals surface area contributed by atoms with Gasteiger partial charge in [0, 0.05) is 43.5 Å².